The topological polar surface area (TPSA) is 112 Å². The first-order valence-electron chi connectivity index (χ1n) is 11.6. The van der Waals surface area contributed by atoms with E-state index >= 15 is 0 Å². The van der Waals surface area contributed by atoms with Crippen LogP contribution in [0.4, 0.5) is 11.6 Å². The molecule has 5 rings (SSSR count). The predicted molar refractivity (Wildman–Crippen MR) is 147 cm³/mol. The number of anilines is 2. The van der Waals surface area contributed by atoms with Gasteiger partial charge in [0.05, 0.1) is 38.8 Å². The number of nitrogens with one attached hydrogen (secondary N) is 2. The molecule has 0 aliphatic carbocycles. The Morgan fingerprint density at radius 3 is 2.37 bits per heavy atom. The molecule has 0 saturated carbocycles. The predicted octanol–water partition coefficient (Wildman–Crippen LogP) is 5.06. The van der Waals surface area contributed by atoms with Gasteiger partial charge in [-0.2, -0.15) is 4.98 Å². The van der Waals surface area contributed by atoms with E-state index in [1.807, 2.05) is 31.2 Å². The first-order valence-corrected chi connectivity index (χ1v) is 12.4. The molecule has 4 aromatic rings. The van der Waals surface area contributed by atoms with Crippen LogP contribution in [0.5, 0.6) is 17.2 Å². The van der Waals surface area contributed by atoms with Gasteiger partial charge >= 0.3 is 0 Å². The molecule has 0 bridgehead atoms. The number of carbonyl (C=O) groups excluding carboxylic acids is 1. The van der Waals surface area contributed by atoms with E-state index in [1.54, 1.807) is 62.7 Å². The Morgan fingerprint density at radius 2 is 1.76 bits per heavy atom. The number of ether oxygens (including phenoxy) is 3. The van der Waals surface area contributed by atoms with Crippen molar-refractivity contribution in [3.63, 3.8) is 0 Å². The fourth-order valence-corrected chi connectivity index (χ4v) is 4.63. The van der Waals surface area contributed by atoms with Crippen molar-refractivity contribution in [2.45, 2.75) is 13.0 Å². The number of amides is 1. The summed E-state index contributed by atoms with van der Waals surface area (Å²) in [6.07, 6.45) is 3.25. The van der Waals surface area contributed by atoms with Crippen LogP contribution in [0.2, 0.25) is 0 Å². The van der Waals surface area contributed by atoms with Gasteiger partial charge in [0.2, 0.25) is 11.7 Å². The normalized spacial score (nSPS) is 14.4. The van der Waals surface area contributed by atoms with E-state index in [0.29, 0.717) is 51.5 Å². The van der Waals surface area contributed by atoms with E-state index in [0.717, 1.165) is 10.0 Å². The number of hydrogen-bond acceptors (Lipinski definition) is 8. The fourth-order valence-electron chi connectivity index (χ4n) is 4.37. The highest BCUT2D eigenvalue weighted by Crippen LogP contribution is 2.42. The zero-order valence-corrected chi connectivity index (χ0v) is 22.7. The quantitative estimate of drug-likeness (QED) is 0.314. The third-order valence-electron chi connectivity index (χ3n) is 6.13. The first-order chi connectivity index (χ1) is 18.4. The van der Waals surface area contributed by atoms with Crippen molar-refractivity contribution in [1.82, 2.24) is 19.7 Å². The number of hydrogen-bond donors (Lipinski definition) is 2. The van der Waals surface area contributed by atoms with Crippen LogP contribution in [0, 0.1) is 0 Å². The number of allylic oxidation sites excluding steroid dienone is 1. The number of halogens is 1. The fraction of sp³-hybridized carbons (Fsp3) is 0.185. The lowest BCUT2D eigenvalue weighted by Gasteiger charge is -2.28. The molecule has 1 aliphatic heterocycles. The molecule has 194 valence electrons. The van der Waals surface area contributed by atoms with Crippen LogP contribution < -0.4 is 24.8 Å². The summed E-state index contributed by atoms with van der Waals surface area (Å²) in [5, 5.41) is 11.0. The summed E-state index contributed by atoms with van der Waals surface area (Å²) in [5.41, 5.74) is 3.29. The zero-order chi connectivity index (χ0) is 26.8. The van der Waals surface area contributed by atoms with Crippen LogP contribution in [0.1, 0.15) is 18.5 Å². The van der Waals surface area contributed by atoms with Crippen molar-refractivity contribution < 1.29 is 19.0 Å². The van der Waals surface area contributed by atoms with E-state index < -0.39 is 6.04 Å². The summed E-state index contributed by atoms with van der Waals surface area (Å²) in [6, 6.07) is 14.3. The Morgan fingerprint density at radius 1 is 1.05 bits per heavy atom. The number of pyridine rings is 1. The molecular weight excluding hydrogens is 552 g/mol. The molecule has 10 nitrogen and oxygen atoms in total. The monoisotopic (exact) mass is 576 g/mol. The number of benzene rings is 2. The first kappa shape index (κ1) is 25.3. The summed E-state index contributed by atoms with van der Waals surface area (Å²) >= 11 is 3.50. The molecular formula is C27H25BrN6O4. The van der Waals surface area contributed by atoms with Gasteiger partial charge in [-0.25, -0.2) is 4.68 Å². The molecule has 3 heterocycles. The number of nitrogens with zero attached hydrogens (tertiary/aromatic N) is 4. The maximum atomic E-state index is 13.6. The number of fused-ring (bicyclic) bond motifs is 1. The Bertz CT molecular complexity index is 1490. The summed E-state index contributed by atoms with van der Waals surface area (Å²) in [4.78, 5) is 22.4. The largest absolute Gasteiger partial charge is 0.493 e. The van der Waals surface area contributed by atoms with Crippen molar-refractivity contribution in [2.24, 2.45) is 0 Å². The van der Waals surface area contributed by atoms with Gasteiger partial charge in [0.1, 0.15) is 6.04 Å². The molecule has 0 fully saturated rings. The van der Waals surface area contributed by atoms with Gasteiger partial charge in [0.25, 0.3) is 5.91 Å². The second-order valence-electron chi connectivity index (χ2n) is 8.43. The maximum Gasteiger partial charge on any atom is 0.255 e. The summed E-state index contributed by atoms with van der Waals surface area (Å²) in [6.45, 7) is 1.85. The minimum atomic E-state index is -0.542. The third-order valence-corrected chi connectivity index (χ3v) is 6.65. The van der Waals surface area contributed by atoms with Crippen LogP contribution in [0.25, 0.3) is 11.4 Å². The minimum absolute atomic E-state index is 0.272. The number of methoxy groups -OCH3 is 3. The summed E-state index contributed by atoms with van der Waals surface area (Å²) in [7, 11) is 4.66. The molecule has 2 aromatic heterocycles. The molecule has 0 radical (unpaired) electrons. The molecule has 11 heteroatoms. The van der Waals surface area contributed by atoms with Crippen molar-refractivity contribution >= 4 is 33.5 Å². The van der Waals surface area contributed by atoms with Gasteiger partial charge in [-0.3, -0.25) is 9.78 Å². The molecule has 1 aliphatic rings. The molecule has 1 amide bonds. The van der Waals surface area contributed by atoms with Gasteiger partial charge in [-0.05, 0) is 48.9 Å². The van der Waals surface area contributed by atoms with Crippen molar-refractivity contribution in [1.29, 1.82) is 0 Å². The van der Waals surface area contributed by atoms with Crippen LogP contribution in [0.3, 0.4) is 0 Å². The molecule has 0 saturated heterocycles. The van der Waals surface area contributed by atoms with E-state index in [-0.39, 0.29) is 5.91 Å². The Hall–Kier alpha value is -4.38. The van der Waals surface area contributed by atoms with Gasteiger partial charge in [0, 0.05) is 21.9 Å². The van der Waals surface area contributed by atoms with Crippen LogP contribution in [0.15, 0.2) is 76.7 Å². The average molecular weight is 577 g/mol. The zero-order valence-electron chi connectivity index (χ0n) is 21.2. The van der Waals surface area contributed by atoms with E-state index in [4.69, 9.17) is 24.3 Å². The summed E-state index contributed by atoms with van der Waals surface area (Å²) in [5.74, 6) is 2.09. The standard InChI is InChI=1S/C27H25BrN6O4/c1-15-22(26(35)31-19-6-5-11-29-14-19)23(16-7-9-18(28)10-8-16)34-27(30-15)32-25(33-34)17-12-20(36-2)24(38-4)21(13-17)37-3/h5-14,23H,1-4H3,(H,31,35)(H,30,32,33). The highest BCUT2D eigenvalue weighted by molar-refractivity contribution is 9.10. The lowest BCUT2D eigenvalue weighted by molar-refractivity contribution is -0.113. The highest BCUT2D eigenvalue weighted by atomic mass is 79.9. The SMILES string of the molecule is COc1cc(-c2nc3n(n2)C(c2ccc(Br)cc2)C(C(=O)Nc2cccnc2)=C(C)N3)cc(OC)c1OC. The van der Waals surface area contributed by atoms with Crippen molar-refractivity contribution in [2.75, 3.05) is 32.0 Å². The van der Waals surface area contributed by atoms with Crippen LogP contribution in [-0.4, -0.2) is 47.0 Å². The third kappa shape index (κ3) is 4.68. The molecule has 2 N–H and O–H groups in total. The van der Waals surface area contributed by atoms with Crippen molar-refractivity contribution in [3.05, 3.63) is 82.2 Å². The average Bonchev–Trinajstić information content (AvgIpc) is 3.36. The smallest absolute Gasteiger partial charge is 0.255 e. The lowest BCUT2D eigenvalue weighted by Crippen LogP contribution is -2.31. The lowest BCUT2D eigenvalue weighted by atomic mass is 9.95. The highest BCUT2D eigenvalue weighted by Gasteiger charge is 2.34. The Kier molecular flexibility index (Phi) is 7.01. The number of carbonyl (C=O) groups is 1. The molecule has 0 spiro atoms. The van der Waals surface area contributed by atoms with E-state index in [1.165, 1.54) is 0 Å². The van der Waals surface area contributed by atoms with Gasteiger partial charge in [-0.1, -0.05) is 28.1 Å². The minimum Gasteiger partial charge on any atom is -0.493 e. The molecule has 38 heavy (non-hydrogen) atoms. The second kappa shape index (κ2) is 10.5. The summed E-state index contributed by atoms with van der Waals surface area (Å²) < 4.78 is 19.1. The van der Waals surface area contributed by atoms with Gasteiger partial charge in [0.15, 0.2) is 17.3 Å². The Labute approximate surface area is 227 Å². The van der Waals surface area contributed by atoms with Crippen molar-refractivity contribution in [3.8, 4) is 28.6 Å². The number of rotatable bonds is 7. The van der Waals surface area contributed by atoms with Gasteiger partial charge in [-0.15, -0.1) is 5.10 Å². The van der Waals surface area contributed by atoms with E-state index in [2.05, 4.69) is 31.5 Å². The molecule has 1 atom stereocenters. The molecule has 1 unspecified atom stereocenters. The van der Waals surface area contributed by atoms with Gasteiger partial charge < -0.3 is 24.8 Å². The number of aromatic nitrogens is 4. The maximum absolute atomic E-state index is 13.6. The Balaban J connectivity index is 1.62. The van der Waals surface area contributed by atoms with Crippen LogP contribution >= 0.6 is 15.9 Å². The molecule has 2 aromatic carbocycles. The second-order valence-corrected chi connectivity index (χ2v) is 9.35. The van der Waals surface area contributed by atoms with E-state index in [9.17, 15) is 4.79 Å². The van der Waals surface area contributed by atoms with Crippen LogP contribution in [-0.2, 0) is 4.79 Å².